The van der Waals surface area contributed by atoms with Crippen molar-refractivity contribution in [1.82, 2.24) is 9.38 Å². The molecule has 0 aliphatic heterocycles. The quantitative estimate of drug-likeness (QED) is 0.573. The number of imidazole rings is 1. The standard InChI is InChI=1S/C22H19N3O2/c1-16-6-4-7-17(12-16)22(26)24-18-8-5-9-20(13-18)27-15-19-14-25-11-3-2-10-21(25)23-19/h2-14H,15H2,1H3,(H,24,26). The summed E-state index contributed by atoms with van der Waals surface area (Å²) in [6, 6.07) is 20.7. The van der Waals surface area contributed by atoms with Gasteiger partial charge in [-0.15, -0.1) is 0 Å². The summed E-state index contributed by atoms with van der Waals surface area (Å²) in [4.78, 5) is 16.9. The van der Waals surface area contributed by atoms with Crippen LogP contribution in [0.2, 0.25) is 0 Å². The van der Waals surface area contributed by atoms with Crippen LogP contribution in [0.4, 0.5) is 5.69 Å². The van der Waals surface area contributed by atoms with Gasteiger partial charge in [0.2, 0.25) is 0 Å². The number of ether oxygens (including phenoxy) is 1. The van der Waals surface area contributed by atoms with Crippen LogP contribution < -0.4 is 10.1 Å². The third-order valence-electron chi connectivity index (χ3n) is 4.17. The van der Waals surface area contributed by atoms with Crippen LogP contribution in [0.3, 0.4) is 0 Å². The number of carbonyl (C=O) groups is 1. The van der Waals surface area contributed by atoms with Crippen LogP contribution in [0, 0.1) is 6.92 Å². The summed E-state index contributed by atoms with van der Waals surface area (Å²) >= 11 is 0. The molecule has 0 atom stereocenters. The number of anilines is 1. The Kier molecular flexibility index (Phi) is 4.58. The third kappa shape index (κ3) is 3.98. The van der Waals surface area contributed by atoms with Crippen LogP contribution in [-0.4, -0.2) is 15.3 Å². The van der Waals surface area contributed by atoms with E-state index in [4.69, 9.17) is 4.74 Å². The highest BCUT2D eigenvalue weighted by Gasteiger charge is 2.07. The Morgan fingerprint density at radius 3 is 2.81 bits per heavy atom. The SMILES string of the molecule is Cc1cccc(C(=O)Nc2cccc(OCc3cn4ccccc4n3)c2)c1. The van der Waals surface area contributed by atoms with Gasteiger partial charge in [0, 0.05) is 29.7 Å². The average Bonchev–Trinajstić information content (AvgIpc) is 3.10. The molecule has 2 aromatic carbocycles. The summed E-state index contributed by atoms with van der Waals surface area (Å²) in [5, 5.41) is 2.91. The van der Waals surface area contributed by atoms with Crippen molar-refractivity contribution in [3.05, 3.63) is 95.9 Å². The lowest BCUT2D eigenvalue weighted by molar-refractivity contribution is 0.102. The molecule has 0 radical (unpaired) electrons. The second-order valence-corrected chi connectivity index (χ2v) is 6.34. The Hall–Kier alpha value is -3.60. The van der Waals surface area contributed by atoms with Gasteiger partial charge in [-0.1, -0.05) is 29.8 Å². The second kappa shape index (κ2) is 7.33. The molecule has 27 heavy (non-hydrogen) atoms. The Morgan fingerprint density at radius 2 is 1.96 bits per heavy atom. The summed E-state index contributed by atoms with van der Waals surface area (Å²) in [6.45, 7) is 2.32. The molecule has 1 N–H and O–H groups in total. The molecule has 0 saturated carbocycles. The molecule has 1 amide bonds. The van der Waals surface area contributed by atoms with Crippen molar-refractivity contribution in [1.29, 1.82) is 0 Å². The molecule has 2 aromatic heterocycles. The van der Waals surface area contributed by atoms with E-state index in [9.17, 15) is 4.79 Å². The Morgan fingerprint density at radius 1 is 1.07 bits per heavy atom. The first-order valence-corrected chi connectivity index (χ1v) is 8.71. The van der Waals surface area contributed by atoms with Crippen molar-refractivity contribution >= 4 is 17.2 Å². The number of aryl methyl sites for hydroxylation is 1. The first-order chi connectivity index (χ1) is 13.2. The van der Waals surface area contributed by atoms with Gasteiger partial charge in [-0.05, 0) is 43.3 Å². The first kappa shape index (κ1) is 16.8. The smallest absolute Gasteiger partial charge is 0.255 e. The van der Waals surface area contributed by atoms with Gasteiger partial charge in [0.05, 0.1) is 5.69 Å². The number of pyridine rings is 1. The Bertz CT molecular complexity index is 1070. The zero-order valence-corrected chi connectivity index (χ0v) is 14.9. The highest BCUT2D eigenvalue weighted by atomic mass is 16.5. The normalized spacial score (nSPS) is 10.7. The molecule has 0 aliphatic rings. The summed E-state index contributed by atoms with van der Waals surface area (Å²) in [7, 11) is 0. The summed E-state index contributed by atoms with van der Waals surface area (Å²) in [5.74, 6) is 0.533. The van der Waals surface area contributed by atoms with Gasteiger partial charge >= 0.3 is 0 Å². The van der Waals surface area contributed by atoms with E-state index in [0.29, 0.717) is 23.6 Å². The summed E-state index contributed by atoms with van der Waals surface area (Å²) in [5.41, 5.74) is 4.10. The number of amides is 1. The molecule has 5 heteroatoms. The fraction of sp³-hybridized carbons (Fsp3) is 0.0909. The maximum absolute atomic E-state index is 12.4. The van der Waals surface area contributed by atoms with E-state index < -0.39 is 0 Å². The molecule has 0 aliphatic carbocycles. The van der Waals surface area contributed by atoms with Crippen LogP contribution in [0.15, 0.2) is 79.1 Å². The van der Waals surface area contributed by atoms with E-state index >= 15 is 0 Å². The lowest BCUT2D eigenvalue weighted by Crippen LogP contribution is -2.12. The highest BCUT2D eigenvalue weighted by molar-refractivity contribution is 6.04. The number of fused-ring (bicyclic) bond motifs is 1. The fourth-order valence-electron chi connectivity index (χ4n) is 2.87. The number of aromatic nitrogens is 2. The van der Waals surface area contributed by atoms with Crippen molar-refractivity contribution in [3.8, 4) is 5.75 Å². The number of nitrogens with one attached hydrogen (secondary N) is 1. The van der Waals surface area contributed by atoms with Crippen LogP contribution in [0.5, 0.6) is 5.75 Å². The topological polar surface area (TPSA) is 55.6 Å². The number of hydrogen-bond donors (Lipinski definition) is 1. The predicted molar refractivity (Wildman–Crippen MR) is 105 cm³/mol. The van der Waals surface area contributed by atoms with Gasteiger partial charge < -0.3 is 14.5 Å². The van der Waals surface area contributed by atoms with Gasteiger partial charge in [0.15, 0.2) is 0 Å². The Balaban J connectivity index is 1.43. The number of rotatable bonds is 5. The third-order valence-corrected chi connectivity index (χ3v) is 4.17. The van der Waals surface area contributed by atoms with Gasteiger partial charge in [-0.25, -0.2) is 4.98 Å². The average molecular weight is 357 g/mol. The van der Waals surface area contributed by atoms with Crippen LogP contribution in [0.1, 0.15) is 21.6 Å². The molecule has 2 heterocycles. The van der Waals surface area contributed by atoms with Crippen molar-refractivity contribution < 1.29 is 9.53 Å². The van der Waals surface area contributed by atoms with E-state index in [1.54, 1.807) is 6.07 Å². The number of carbonyl (C=O) groups excluding carboxylic acids is 1. The van der Waals surface area contributed by atoms with E-state index in [1.165, 1.54) is 0 Å². The maximum atomic E-state index is 12.4. The summed E-state index contributed by atoms with van der Waals surface area (Å²) in [6.07, 6.45) is 3.89. The van der Waals surface area contributed by atoms with E-state index in [-0.39, 0.29) is 5.91 Å². The van der Waals surface area contributed by atoms with Crippen LogP contribution >= 0.6 is 0 Å². The lowest BCUT2D eigenvalue weighted by atomic mass is 10.1. The minimum absolute atomic E-state index is 0.142. The number of benzene rings is 2. The fourth-order valence-corrected chi connectivity index (χ4v) is 2.87. The molecule has 134 valence electrons. The van der Waals surface area contributed by atoms with Gasteiger partial charge in [0.1, 0.15) is 18.0 Å². The van der Waals surface area contributed by atoms with Crippen LogP contribution in [0.25, 0.3) is 5.65 Å². The zero-order chi connectivity index (χ0) is 18.6. The van der Waals surface area contributed by atoms with Gasteiger partial charge in [-0.2, -0.15) is 0 Å². The van der Waals surface area contributed by atoms with Gasteiger partial charge in [-0.3, -0.25) is 4.79 Å². The van der Waals surface area contributed by atoms with Gasteiger partial charge in [0.25, 0.3) is 5.91 Å². The second-order valence-electron chi connectivity index (χ2n) is 6.34. The molecular weight excluding hydrogens is 338 g/mol. The number of hydrogen-bond acceptors (Lipinski definition) is 3. The molecule has 4 aromatic rings. The van der Waals surface area contributed by atoms with E-state index in [0.717, 1.165) is 16.9 Å². The van der Waals surface area contributed by atoms with Crippen molar-refractivity contribution in [2.45, 2.75) is 13.5 Å². The van der Waals surface area contributed by atoms with E-state index in [1.807, 2.05) is 84.4 Å². The van der Waals surface area contributed by atoms with Crippen molar-refractivity contribution in [3.63, 3.8) is 0 Å². The molecular formula is C22H19N3O2. The molecule has 0 fully saturated rings. The van der Waals surface area contributed by atoms with Crippen LogP contribution in [-0.2, 0) is 6.61 Å². The monoisotopic (exact) mass is 357 g/mol. The zero-order valence-electron chi connectivity index (χ0n) is 14.9. The van der Waals surface area contributed by atoms with Crippen molar-refractivity contribution in [2.75, 3.05) is 5.32 Å². The Labute approximate surface area is 157 Å². The predicted octanol–water partition coefficient (Wildman–Crippen LogP) is 4.47. The lowest BCUT2D eigenvalue weighted by Gasteiger charge is -2.09. The maximum Gasteiger partial charge on any atom is 0.255 e. The summed E-state index contributed by atoms with van der Waals surface area (Å²) < 4.78 is 7.80. The molecule has 5 nitrogen and oxygen atoms in total. The first-order valence-electron chi connectivity index (χ1n) is 8.71. The van der Waals surface area contributed by atoms with Crippen molar-refractivity contribution in [2.24, 2.45) is 0 Å². The number of nitrogens with zero attached hydrogens (tertiary/aromatic N) is 2. The molecule has 0 bridgehead atoms. The minimum Gasteiger partial charge on any atom is -0.487 e. The van der Waals surface area contributed by atoms with E-state index in [2.05, 4.69) is 10.3 Å². The largest absolute Gasteiger partial charge is 0.487 e. The minimum atomic E-state index is -0.142. The molecule has 0 unspecified atom stereocenters. The molecule has 4 rings (SSSR count). The highest BCUT2D eigenvalue weighted by Crippen LogP contribution is 2.19. The molecule has 0 spiro atoms. The molecule has 0 saturated heterocycles.